The molecule has 4 heterocycles. The third kappa shape index (κ3) is 4.66. The topological polar surface area (TPSA) is 45.6 Å². The van der Waals surface area contributed by atoms with E-state index in [1.54, 1.807) is 0 Å². The number of aromatic nitrogens is 1. The van der Waals surface area contributed by atoms with Gasteiger partial charge in [0.05, 0.1) is 0 Å². The van der Waals surface area contributed by atoms with Crippen LogP contribution in [0.3, 0.4) is 0 Å². The lowest BCUT2D eigenvalue weighted by atomic mass is 9.82. The Balaban J connectivity index is 1.46. The smallest absolute Gasteiger partial charge is 0.255 e. The lowest BCUT2D eigenvalue weighted by Crippen LogP contribution is -2.49. The zero-order chi connectivity index (χ0) is 20.4. The van der Waals surface area contributed by atoms with Crippen LogP contribution in [0.15, 0.2) is 28.6 Å². The molecule has 2 saturated heterocycles. The highest BCUT2D eigenvalue weighted by Gasteiger charge is 2.36. The predicted octanol–water partition coefficient (Wildman–Crippen LogP) is 3.53. The van der Waals surface area contributed by atoms with Gasteiger partial charge in [-0.15, -0.1) is 0 Å². The van der Waals surface area contributed by atoms with Gasteiger partial charge in [0.1, 0.15) is 0 Å². The minimum Gasteiger partial charge on any atom is -0.342 e. The third-order valence-electron chi connectivity index (χ3n) is 6.79. The Morgan fingerprint density at radius 1 is 1.10 bits per heavy atom. The Kier molecular flexibility index (Phi) is 6.23. The van der Waals surface area contributed by atoms with Crippen LogP contribution in [0.2, 0.25) is 0 Å². The number of carbonyl (C=O) groups is 1. The summed E-state index contributed by atoms with van der Waals surface area (Å²) in [6.45, 7) is 9.46. The molecule has 29 heavy (non-hydrogen) atoms. The summed E-state index contributed by atoms with van der Waals surface area (Å²) in [6, 6.07) is 4.22. The van der Waals surface area contributed by atoms with Crippen LogP contribution in [0.25, 0.3) is 0 Å². The van der Waals surface area contributed by atoms with E-state index in [9.17, 15) is 9.59 Å². The fraction of sp³-hybridized carbons (Fsp3) is 0.667. The molecule has 0 radical (unpaired) electrons. The molecule has 5 heteroatoms. The minimum absolute atomic E-state index is 0.200. The molecular weight excluding hydrogens is 362 g/mol. The Hall–Kier alpha value is -1.88. The first kappa shape index (κ1) is 20.4. The van der Waals surface area contributed by atoms with Crippen molar-refractivity contribution >= 4 is 5.91 Å². The Bertz CT molecular complexity index is 831. The van der Waals surface area contributed by atoms with Gasteiger partial charge in [-0.2, -0.15) is 0 Å². The fourth-order valence-electron chi connectivity index (χ4n) is 5.32. The van der Waals surface area contributed by atoms with Gasteiger partial charge in [0, 0.05) is 49.8 Å². The van der Waals surface area contributed by atoms with E-state index >= 15 is 0 Å². The molecule has 1 amide bonds. The number of likely N-dealkylation sites (tertiary alicyclic amines) is 2. The predicted molar refractivity (Wildman–Crippen MR) is 116 cm³/mol. The van der Waals surface area contributed by atoms with Crippen LogP contribution in [0, 0.1) is 5.92 Å². The van der Waals surface area contributed by atoms with Gasteiger partial charge in [0.2, 0.25) is 5.91 Å². The van der Waals surface area contributed by atoms with Gasteiger partial charge in [-0.25, -0.2) is 0 Å². The number of hydrogen-bond acceptors (Lipinski definition) is 3. The van der Waals surface area contributed by atoms with Crippen LogP contribution in [-0.2, 0) is 17.9 Å². The maximum Gasteiger partial charge on any atom is 0.255 e. The van der Waals surface area contributed by atoms with Crippen molar-refractivity contribution in [1.29, 1.82) is 0 Å². The summed E-state index contributed by atoms with van der Waals surface area (Å²) in [5.74, 6) is 0.956. The first-order chi connectivity index (χ1) is 14.0. The summed E-state index contributed by atoms with van der Waals surface area (Å²) >= 11 is 0. The molecule has 158 valence electrons. The van der Waals surface area contributed by atoms with Crippen molar-refractivity contribution in [3.63, 3.8) is 0 Å². The molecule has 3 aliphatic heterocycles. The second-order valence-electron chi connectivity index (χ2n) is 9.45. The summed E-state index contributed by atoms with van der Waals surface area (Å²) in [5.41, 5.74) is 3.54. The molecule has 0 N–H and O–H groups in total. The van der Waals surface area contributed by atoms with Gasteiger partial charge in [-0.05, 0) is 64.6 Å². The van der Waals surface area contributed by atoms with Crippen molar-refractivity contribution < 1.29 is 4.79 Å². The molecule has 2 bridgehead atoms. The molecule has 2 atom stereocenters. The van der Waals surface area contributed by atoms with Gasteiger partial charge in [0.15, 0.2) is 0 Å². The van der Waals surface area contributed by atoms with Crippen molar-refractivity contribution in [1.82, 2.24) is 14.4 Å². The number of allylic oxidation sites excluding steroid dienone is 2. The number of carbonyl (C=O) groups excluding carboxylic acids is 1. The van der Waals surface area contributed by atoms with E-state index in [0.717, 1.165) is 63.4 Å². The van der Waals surface area contributed by atoms with E-state index in [1.165, 1.54) is 24.8 Å². The highest BCUT2D eigenvalue weighted by molar-refractivity contribution is 5.76. The minimum atomic E-state index is 0.200. The molecule has 0 saturated carbocycles. The highest BCUT2D eigenvalue weighted by Crippen LogP contribution is 2.35. The Morgan fingerprint density at radius 2 is 1.90 bits per heavy atom. The first-order valence-electron chi connectivity index (χ1n) is 11.4. The van der Waals surface area contributed by atoms with Crippen molar-refractivity contribution in [2.24, 2.45) is 5.92 Å². The van der Waals surface area contributed by atoms with Crippen LogP contribution in [0.1, 0.15) is 69.5 Å². The molecule has 1 aromatic rings. The Morgan fingerprint density at radius 3 is 2.66 bits per heavy atom. The maximum atomic E-state index is 13.2. The van der Waals surface area contributed by atoms with E-state index in [1.807, 2.05) is 9.47 Å². The number of fused-ring (bicyclic) bond motifs is 4. The summed E-state index contributed by atoms with van der Waals surface area (Å²) in [6.07, 6.45) is 8.45. The monoisotopic (exact) mass is 397 g/mol. The van der Waals surface area contributed by atoms with Crippen LogP contribution < -0.4 is 5.56 Å². The van der Waals surface area contributed by atoms with Gasteiger partial charge < -0.3 is 9.47 Å². The van der Waals surface area contributed by atoms with Crippen LogP contribution in [0.4, 0.5) is 0 Å². The molecule has 0 aliphatic carbocycles. The number of pyridine rings is 1. The SMILES string of the molecule is CC(C)=CCCC(=O)N1C[C@@H]2C[C@H](C1)c1ccc(CN3CCCCC3)c(=O)n1C2. The van der Waals surface area contributed by atoms with E-state index in [0.29, 0.717) is 18.3 Å². The van der Waals surface area contributed by atoms with E-state index in [2.05, 4.69) is 37.0 Å². The molecular formula is C24H35N3O2. The summed E-state index contributed by atoms with van der Waals surface area (Å²) in [5, 5.41) is 0. The average Bonchev–Trinajstić information content (AvgIpc) is 2.71. The average molecular weight is 398 g/mol. The van der Waals surface area contributed by atoms with Crippen molar-refractivity contribution in [3.8, 4) is 0 Å². The number of amides is 1. The number of hydrogen-bond donors (Lipinski definition) is 0. The zero-order valence-electron chi connectivity index (χ0n) is 18.0. The quantitative estimate of drug-likeness (QED) is 0.714. The molecule has 5 nitrogen and oxygen atoms in total. The van der Waals surface area contributed by atoms with Crippen molar-refractivity contribution in [2.75, 3.05) is 26.2 Å². The maximum absolute atomic E-state index is 13.2. The second-order valence-corrected chi connectivity index (χ2v) is 9.45. The molecule has 0 aromatic carbocycles. The molecule has 1 aromatic heterocycles. The fourth-order valence-corrected chi connectivity index (χ4v) is 5.32. The molecule has 0 spiro atoms. The van der Waals surface area contributed by atoms with E-state index < -0.39 is 0 Å². The number of nitrogens with zero attached hydrogens (tertiary/aromatic N) is 3. The Labute approximate surface area is 174 Å². The number of rotatable bonds is 5. The van der Waals surface area contributed by atoms with Crippen LogP contribution >= 0.6 is 0 Å². The standard InChI is InChI=1S/C24H35N3O2/c1-18(2)7-6-8-23(28)26-14-19-13-21(17-26)22-10-9-20(24(29)27(22)15-19)16-25-11-4-3-5-12-25/h7,9-10,19,21H,3-6,8,11-17H2,1-2H3/t19-,21+/m0/s1. The van der Waals surface area contributed by atoms with Crippen LogP contribution in [-0.4, -0.2) is 46.5 Å². The molecule has 3 aliphatic rings. The molecule has 4 rings (SSSR count). The van der Waals surface area contributed by atoms with Gasteiger partial charge in [-0.3, -0.25) is 14.5 Å². The molecule has 0 unspecified atom stereocenters. The van der Waals surface area contributed by atoms with Crippen molar-refractivity contribution in [2.45, 2.75) is 71.4 Å². The molecule has 2 fully saturated rings. The highest BCUT2D eigenvalue weighted by atomic mass is 16.2. The largest absolute Gasteiger partial charge is 0.342 e. The summed E-state index contributed by atoms with van der Waals surface area (Å²) < 4.78 is 2.03. The lowest BCUT2D eigenvalue weighted by Gasteiger charge is -2.43. The lowest BCUT2D eigenvalue weighted by molar-refractivity contribution is -0.133. The zero-order valence-corrected chi connectivity index (χ0v) is 18.0. The first-order valence-corrected chi connectivity index (χ1v) is 11.4. The van der Waals surface area contributed by atoms with Crippen LogP contribution in [0.5, 0.6) is 0 Å². The van der Waals surface area contributed by atoms with Gasteiger partial charge in [0.25, 0.3) is 5.56 Å². The van der Waals surface area contributed by atoms with E-state index in [-0.39, 0.29) is 11.5 Å². The normalized spacial score (nSPS) is 24.1. The third-order valence-corrected chi connectivity index (χ3v) is 6.79. The summed E-state index contributed by atoms with van der Waals surface area (Å²) in [7, 11) is 0. The van der Waals surface area contributed by atoms with Crippen molar-refractivity contribution in [3.05, 3.63) is 45.4 Å². The van der Waals surface area contributed by atoms with Gasteiger partial charge >= 0.3 is 0 Å². The second kappa shape index (κ2) is 8.86. The number of piperidine rings is 2. The van der Waals surface area contributed by atoms with Gasteiger partial charge in [-0.1, -0.05) is 24.1 Å². The van der Waals surface area contributed by atoms with E-state index in [4.69, 9.17) is 0 Å². The summed E-state index contributed by atoms with van der Waals surface area (Å²) in [4.78, 5) is 30.3.